The largest absolute Gasteiger partial charge is 0.456 e. The summed E-state index contributed by atoms with van der Waals surface area (Å²) >= 11 is 0. The van der Waals surface area contributed by atoms with Crippen molar-refractivity contribution in [2.45, 2.75) is 77.0 Å². The van der Waals surface area contributed by atoms with Crippen LogP contribution in [0.3, 0.4) is 0 Å². The number of hydrogen-bond donors (Lipinski definition) is 0. The van der Waals surface area contributed by atoms with E-state index in [-0.39, 0.29) is 21.7 Å². The van der Waals surface area contributed by atoms with Gasteiger partial charge in [-0.05, 0) is 210 Å². The fraction of sp³-hybridized carbons (Fsp3) is 0.0909. The van der Waals surface area contributed by atoms with E-state index in [1.54, 1.807) is 0 Å². The summed E-state index contributed by atoms with van der Waals surface area (Å²) < 4.78 is 35.3. The minimum Gasteiger partial charge on any atom is -0.456 e. The highest BCUT2D eigenvalue weighted by Crippen LogP contribution is 2.63. The van der Waals surface area contributed by atoms with Crippen LogP contribution in [-0.2, 0) is 21.7 Å². The number of furan rings is 4. The van der Waals surface area contributed by atoms with E-state index in [0.717, 1.165) is 44.7 Å². The third-order valence-electron chi connectivity index (χ3n) is 34.0. The van der Waals surface area contributed by atoms with E-state index in [4.69, 9.17) is 17.7 Å². The van der Waals surface area contributed by atoms with Crippen LogP contribution in [0.4, 0.5) is 0 Å². The second-order valence-corrected chi connectivity index (χ2v) is 42.1. The highest BCUT2D eigenvalue weighted by molar-refractivity contribution is 6.40. The van der Waals surface area contributed by atoms with Gasteiger partial charge in [0.25, 0.3) is 0 Å². The number of rotatable bonds is 0. The van der Waals surface area contributed by atoms with Gasteiger partial charge >= 0.3 is 0 Å². The first-order valence-corrected chi connectivity index (χ1v) is 49.2. The molecule has 8 nitrogen and oxygen atoms in total. The monoisotopic (exact) mass is 1790 g/mol. The maximum atomic E-state index is 6.36. The van der Waals surface area contributed by atoms with E-state index in [0.29, 0.717) is 0 Å². The third-order valence-corrected chi connectivity index (χ3v) is 34.0. The highest BCUT2D eigenvalue weighted by Gasteiger charge is 2.45. The predicted octanol–water partition coefficient (Wildman–Crippen LogP) is 36.2. The Kier molecular flexibility index (Phi) is 14.0. The van der Waals surface area contributed by atoms with Crippen LogP contribution >= 0.6 is 0 Å². The lowest BCUT2D eigenvalue weighted by Gasteiger charge is -2.22. The van der Waals surface area contributed by atoms with Gasteiger partial charge in [0.05, 0.1) is 66.2 Å². The summed E-state index contributed by atoms with van der Waals surface area (Å²) in [5.74, 6) is 0. The van der Waals surface area contributed by atoms with E-state index < -0.39 is 0 Å². The van der Waals surface area contributed by atoms with Crippen molar-refractivity contribution in [3.63, 3.8) is 0 Å². The Morgan fingerprint density at radius 2 is 0.429 bits per heavy atom. The molecule has 0 fully saturated rings. The van der Waals surface area contributed by atoms with E-state index in [9.17, 15) is 0 Å². The molecule has 36 rings (SSSR count). The van der Waals surface area contributed by atoms with Gasteiger partial charge in [-0.15, -0.1) is 0 Å². The molecule has 140 heavy (non-hydrogen) atoms. The number of aromatic nitrogens is 4. The minimum atomic E-state index is -0.0972. The molecule has 0 radical (unpaired) electrons. The van der Waals surface area contributed by atoms with Gasteiger partial charge in [-0.1, -0.05) is 298 Å². The van der Waals surface area contributed by atoms with Gasteiger partial charge in [-0.25, -0.2) is 0 Å². The second kappa shape index (κ2) is 25.7. The molecule has 0 unspecified atom stereocenters. The van der Waals surface area contributed by atoms with Gasteiger partial charge in [-0.3, -0.25) is 0 Å². The van der Waals surface area contributed by atoms with Crippen LogP contribution in [0.25, 0.3) is 285 Å². The second-order valence-electron chi connectivity index (χ2n) is 42.1. The number of benzene rings is 20. The minimum absolute atomic E-state index is 0.0606. The van der Waals surface area contributed by atoms with Crippen LogP contribution in [-0.4, -0.2) is 17.6 Å². The fourth-order valence-corrected chi connectivity index (χ4v) is 28.3. The van der Waals surface area contributed by atoms with Crippen molar-refractivity contribution in [1.29, 1.82) is 0 Å². The SMILES string of the molecule is CC1(C)c2ccccc2-c2c1cc1c3c4c(ccc3n3c5ccccc5c2c13)oc1ccccc14.CC1(C)c2ccccc2-c2c1cc1c3ccccc3n3c4ccc5oc6ccccc6c5c4c2c13.CC1(C)c2ccccc2-c2cc3c4c5c(ccc4n4c6ccccc6c(c21)c34)oc1ccccc15.CC1(C)c2ccccc2-c2cc3c4ccccc4n4c5ccc6oc7ccccc7c6c5c(c21)c34. The molecule has 0 bridgehead atoms. The van der Waals surface area contributed by atoms with Crippen LogP contribution in [0.15, 0.2) is 382 Å². The summed E-state index contributed by atoms with van der Waals surface area (Å²) in [4.78, 5) is 0. The van der Waals surface area contributed by atoms with E-state index in [1.807, 2.05) is 0 Å². The maximum absolute atomic E-state index is 6.36. The molecule has 8 heteroatoms. The number of nitrogens with zero attached hydrogens (tertiary/aromatic N) is 4. The Morgan fingerprint density at radius 1 is 0.157 bits per heavy atom. The zero-order valence-corrected chi connectivity index (χ0v) is 78.1. The molecule has 0 saturated carbocycles. The molecule has 0 atom stereocenters. The quantitative estimate of drug-likeness (QED) is 0.152. The molecule has 4 aliphatic rings. The van der Waals surface area contributed by atoms with Gasteiger partial charge in [0.2, 0.25) is 0 Å². The van der Waals surface area contributed by atoms with Crippen LogP contribution < -0.4 is 0 Å². The van der Waals surface area contributed by atoms with Crippen LogP contribution in [0.5, 0.6) is 0 Å². The molecule has 12 aromatic heterocycles. The van der Waals surface area contributed by atoms with Gasteiger partial charge < -0.3 is 35.3 Å². The lowest BCUT2D eigenvalue weighted by Crippen LogP contribution is -2.15. The summed E-state index contributed by atoms with van der Waals surface area (Å²) in [6.45, 7) is 19.0. The lowest BCUT2D eigenvalue weighted by molar-refractivity contribution is 0.661. The average molecular weight is 1790 g/mol. The predicted molar refractivity (Wildman–Crippen MR) is 584 cm³/mol. The molecule has 0 aliphatic heterocycles. The molecule has 0 N–H and O–H groups in total. The van der Waals surface area contributed by atoms with Crippen molar-refractivity contribution in [3.05, 3.63) is 408 Å². The third kappa shape index (κ3) is 9.00. The smallest absolute Gasteiger partial charge is 0.136 e. The Morgan fingerprint density at radius 3 is 0.857 bits per heavy atom. The first kappa shape index (κ1) is 76.0. The normalized spacial score (nSPS) is 14.8. The van der Waals surface area contributed by atoms with Crippen molar-refractivity contribution in [3.8, 4) is 44.5 Å². The van der Waals surface area contributed by atoms with Crippen molar-refractivity contribution < 1.29 is 17.7 Å². The van der Waals surface area contributed by atoms with Gasteiger partial charge in [0.15, 0.2) is 0 Å². The summed E-state index contributed by atoms with van der Waals surface area (Å²) in [7, 11) is 0. The van der Waals surface area contributed by atoms with Crippen LogP contribution in [0, 0.1) is 0 Å². The Balaban J connectivity index is 0.0000000829. The van der Waals surface area contributed by atoms with Gasteiger partial charge in [0, 0.05) is 151 Å². The van der Waals surface area contributed by atoms with E-state index >= 15 is 0 Å². The molecular formula is C132H84N4O4. The Bertz CT molecular complexity index is 11300. The zero-order valence-electron chi connectivity index (χ0n) is 78.1. The highest BCUT2D eigenvalue weighted by atomic mass is 16.3. The standard InChI is InChI=1S/4C33H21NO/c1-33(2)22-12-6-3-10-19(22)28-23(33)17-21-18-9-4-7-13-24(18)34-25-15-16-27-29(30(25)31(28)32(21)34)20-11-5-8-14-26(20)35-27;1-33(2)22-12-6-3-9-18(22)28-23(33)17-21-29-25(34-24-13-7-4-10-19(24)31(28)32(21)34)15-16-27-30(29)20-11-5-8-14-26(20)35-27;1-33(2)23-12-6-3-9-18(23)21-17-22-28-25(15-16-27-29(28)20-11-5-8-14-26(20)35-27)34-24-13-7-4-10-19(24)30(31(21)33)32(22)34;1-33(2)23-12-6-3-9-18(23)21-17-22-19-10-4-7-13-24(19)34-25-15-16-27-28(20-11-5-8-14-26(20)35-27)29(25)30(31(21)33)32(22)34/h4*3-17H,1-2H3. The fourth-order valence-electron chi connectivity index (χ4n) is 28.3. The molecular weight excluding hydrogens is 1710 g/mol. The summed E-state index contributed by atoms with van der Waals surface area (Å²) in [6.07, 6.45) is 0. The Hall–Kier alpha value is -17.2. The molecule has 0 spiro atoms. The molecule has 0 amide bonds. The van der Waals surface area contributed by atoms with Crippen molar-refractivity contribution in [1.82, 2.24) is 17.6 Å². The van der Waals surface area contributed by atoms with Crippen LogP contribution in [0.2, 0.25) is 0 Å². The first-order valence-electron chi connectivity index (χ1n) is 49.2. The molecule has 12 heterocycles. The molecule has 20 aromatic carbocycles. The van der Waals surface area contributed by atoms with Crippen molar-refractivity contribution in [2.75, 3.05) is 0 Å². The lowest BCUT2D eigenvalue weighted by atomic mass is 9.80. The molecule has 0 saturated heterocycles. The molecule has 4 aliphatic carbocycles. The Labute approximate surface area is 799 Å². The number of fused-ring (bicyclic) bond motifs is 56. The summed E-state index contributed by atoms with van der Waals surface area (Å²) in [5.41, 5.74) is 45.1. The summed E-state index contributed by atoms with van der Waals surface area (Å²) in [5, 5.41) is 31.0. The van der Waals surface area contributed by atoms with Gasteiger partial charge in [0.1, 0.15) is 44.7 Å². The topological polar surface area (TPSA) is 70.2 Å². The van der Waals surface area contributed by atoms with E-state index in [1.165, 1.54) is 284 Å². The summed E-state index contributed by atoms with van der Waals surface area (Å²) in [6, 6.07) is 133. The first-order chi connectivity index (χ1) is 68.6. The van der Waals surface area contributed by atoms with Crippen molar-refractivity contribution >= 4 is 240 Å². The van der Waals surface area contributed by atoms with E-state index in [2.05, 4.69) is 437 Å². The van der Waals surface area contributed by atoms with Crippen LogP contribution in [0.1, 0.15) is 99.9 Å². The number of para-hydroxylation sites is 8. The average Bonchev–Trinajstić information content (AvgIpc) is 1.52. The van der Waals surface area contributed by atoms with Gasteiger partial charge in [-0.2, -0.15) is 0 Å². The van der Waals surface area contributed by atoms with Crippen molar-refractivity contribution in [2.24, 2.45) is 0 Å². The molecule has 656 valence electrons. The zero-order chi connectivity index (χ0) is 92.2. The molecule has 32 aromatic rings. The maximum Gasteiger partial charge on any atom is 0.136 e. The number of hydrogen-bond acceptors (Lipinski definition) is 4.